The monoisotopic (exact) mass is 288 g/mol. The van der Waals surface area contributed by atoms with E-state index in [0.29, 0.717) is 19.1 Å². The van der Waals surface area contributed by atoms with E-state index in [9.17, 15) is 4.79 Å². The Morgan fingerprint density at radius 3 is 2.76 bits per heavy atom. The molecule has 0 bridgehead atoms. The molecule has 1 amide bonds. The first-order chi connectivity index (χ1) is 10.1. The first-order valence-corrected chi connectivity index (χ1v) is 7.81. The molecule has 2 aliphatic rings. The van der Waals surface area contributed by atoms with Crippen LogP contribution >= 0.6 is 0 Å². The fourth-order valence-electron chi connectivity index (χ4n) is 3.56. The van der Waals surface area contributed by atoms with Crippen LogP contribution in [-0.2, 0) is 11.3 Å². The number of benzene rings is 1. The Kier molecular flexibility index (Phi) is 3.89. The number of piperidine rings is 1. The minimum atomic E-state index is -0.179. The zero-order chi connectivity index (χ0) is 14.9. The molecule has 1 N–H and O–H groups in total. The predicted octanol–water partition coefficient (Wildman–Crippen LogP) is 2.71. The highest BCUT2D eigenvalue weighted by atomic mass is 16.6. The third-order valence-corrected chi connectivity index (χ3v) is 5.13. The molecule has 2 aliphatic heterocycles. The Bertz CT molecular complexity index is 525. The maximum Gasteiger partial charge on any atom is 0.410 e. The fraction of sp³-hybridized carbons (Fsp3) is 0.588. The van der Waals surface area contributed by atoms with Gasteiger partial charge >= 0.3 is 6.09 Å². The molecule has 0 aliphatic carbocycles. The normalized spacial score (nSPS) is 27.0. The summed E-state index contributed by atoms with van der Waals surface area (Å²) in [5, 5.41) is 3.40. The molecule has 2 saturated heterocycles. The van der Waals surface area contributed by atoms with Crippen LogP contribution < -0.4 is 5.32 Å². The number of hydrogen-bond acceptors (Lipinski definition) is 3. The van der Waals surface area contributed by atoms with Crippen LogP contribution in [0, 0.1) is 12.8 Å². The highest BCUT2D eigenvalue weighted by Crippen LogP contribution is 2.37. The Morgan fingerprint density at radius 1 is 1.33 bits per heavy atom. The Labute approximate surface area is 126 Å². The summed E-state index contributed by atoms with van der Waals surface area (Å²) in [7, 11) is 0. The molecule has 4 heteroatoms. The van der Waals surface area contributed by atoms with E-state index in [1.807, 2.05) is 17.0 Å². The molecule has 0 radical (unpaired) electrons. The van der Waals surface area contributed by atoms with Crippen LogP contribution in [0.5, 0.6) is 0 Å². The second-order valence-corrected chi connectivity index (χ2v) is 6.45. The van der Waals surface area contributed by atoms with E-state index < -0.39 is 0 Å². The first kappa shape index (κ1) is 14.4. The second kappa shape index (κ2) is 5.68. The summed E-state index contributed by atoms with van der Waals surface area (Å²) in [6, 6.07) is 8.27. The molecule has 114 valence electrons. The minimum absolute atomic E-state index is 0.167. The Morgan fingerprint density at radius 2 is 2.05 bits per heavy atom. The highest BCUT2D eigenvalue weighted by Gasteiger charge is 2.48. The van der Waals surface area contributed by atoms with Gasteiger partial charge < -0.3 is 10.1 Å². The number of cyclic esters (lactones) is 1. The molecule has 0 spiro atoms. The van der Waals surface area contributed by atoms with Gasteiger partial charge in [-0.15, -0.1) is 0 Å². The lowest BCUT2D eigenvalue weighted by Gasteiger charge is -2.41. The third-order valence-electron chi connectivity index (χ3n) is 5.13. The van der Waals surface area contributed by atoms with E-state index in [4.69, 9.17) is 4.74 Å². The van der Waals surface area contributed by atoms with E-state index in [2.05, 4.69) is 31.3 Å². The number of rotatable bonds is 3. The number of carbonyl (C=O) groups excluding carboxylic acids is 1. The van der Waals surface area contributed by atoms with Crippen molar-refractivity contribution in [3.63, 3.8) is 0 Å². The van der Waals surface area contributed by atoms with Crippen LogP contribution in [0.15, 0.2) is 24.3 Å². The standard InChI is InChI=1S/C17H24N2O2/c1-13-5-3-4-6-14(13)11-19-16(20)21-12-17(19,2)15-7-9-18-10-8-15/h3-6,15,18H,7-12H2,1-2H3. The molecule has 2 heterocycles. The molecule has 3 rings (SSSR count). The van der Waals surface area contributed by atoms with Crippen molar-refractivity contribution in [2.45, 2.75) is 38.8 Å². The lowest BCUT2D eigenvalue weighted by molar-refractivity contribution is 0.0888. The third kappa shape index (κ3) is 2.64. The average molecular weight is 288 g/mol. The molecular formula is C17H24N2O2. The van der Waals surface area contributed by atoms with Gasteiger partial charge in [-0.25, -0.2) is 4.79 Å². The van der Waals surface area contributed by atoms with E-state index in [1.54, 1.807) is 0 Å². The molecule has 1 aromatic rings. The summed E-state index contributed by atoms with van der Waals surface area (Å²) in [6.07, 6.45) is 2.05. The van der Waals surface area contributed by atoms with Crippen LogP contribution in [-0.4, -0.2) is 36.2 Å². The minimum Gasteiger partial charge on any atom is -0.447 e. The van der Waals surface area contributed by atoms with Gasteiger partial charge in [-0.2, -0.15) is 0 Å². The molecule has 1 unspecified atom stereocenters. The average Bonchev–Trinajstić information content (AvgIpc) is 2.80. The number of ether oxygens (including phenoxy) is 1. The summed E-state index contributed by atoms with van der Waals surface area (Å²) >= 11 is 0. The van der Waals surface area contributed by atoms with Crippen molar-refractivity contribution in [3.05, 3.63) is 35.4 Å². The smallest absolute Gasteiger partial charge is 0.410 e. The lowest BCUT2D eigenvalue weighted by atomic mass is 9.79. The lowest BCUT2D eigenvalue weighted by Crippen LogP contribution is -2.52. The van der Waals surface area contributed by atoms with Crippen molar-refractivity contribution in [2.75, 3.05) is 19.7 Å². The number of aryl methyl sites for hydroxylation is 1. The first-order valence-electron chi connectivity index (χ1n) is 7.81. The summed E-state index contributed by atoms with van der Waals surface area (Å²) in [6.45, 7) is 7.51. The van der Waals surface area contributed by atoms with E-state index in [1.165, 1.54) is 11.1 Å². The molecule has 1 atom stereocenters. The van der Waals surface area contributed by atoms with Crippen LogP contribution in [0.1, 0.15) is 30.9 Å². The second-order valence-electron chi connectivity index (χ2n) is 6.45. The van der Waals surface area contributed by atoms with Gasteiger partial charge in [0.1, 0.15) is 6.61 Å². The number of nitrogens with one attached hydrogen (secondary N) is 1. The van der Waals surface area contributed by atoms with Crippen LogP contribution in [0.3, 0.4) is 0 Å². The maximum atomic E-state index is 12.2. The summed E-state index contributed by atoms with van der Waals surface area (Å²) in [5.41, 5.74) is 2.25. The predicted molar refractivity (Wildman–Crippen MR) is 82.1 cm³/mol. The van der Waals surface area contributed by atoms with E-state index in [0.717, 1.165) is 25.9 Å². The van der Waals surface area contributed by atoms with Gasteiger partial charge in [0, 0.05) is 6.54 Å². The van der Waals surface area contributed by atoms with Gasteiger partial charge in [0.15, 0.2) is 0 Å². The molecule has 21 heavy (non-hydrogen) atoms. The quantitative estimate of drug-likeness (QED) is 0.930. The van der Waals surface area contributed by atoms with Crippen molar-refractivity contribution in [1.82, 2.24) is 10.2 Å². The van der Waals surface area contributed by atoms with Crippen molar-refractivity contribution in [1.29, 1.82) is 0 Å². The molecule has 0 saturated carbocycles. The molecular weight excluding hydrogens is 264 g/mol. The number of amides is 1. The summed E-state index contributed by atoms with van der Waals surface area (Å²) in [4.78, 5) is 14.2. The molecule has 1 aromatic carbocycles. The van der Waals surface area contributed by atoms with E-state index >= 15 is 0 Å². The highest BCUT2D eigenvalue weighted by molar-refractivity contribution is 5.71. The molecule has 0 aromatic heterocycles. The number of carbonyl (C=O) groups is 1. The molecule has 2 fully saturated rings. The van der Waals surface area contributed by atoms with Gasteiger partial charge in [0.25, 0.3) is 0 Å². The number of hydrogen-bond donors (Lipinski definition) is 1. The van der Waals surface area contributed by atoms with Gasteiger partial charge in [-0.1, -0.05) is 24.3 Å². The SMILES string of the molecule is Cc1ccccc1CN1C(=O)OCC1(C)C1CCNCC1. The summed E-state index contributed by atoms with van der Waals surface area (Å²) in [5.74, 6) is 0.509. The maximum absolute atomic E-state index is 12.2. The van der Waals surface area contributed by atoms with Gasteiger partial charge in [-0.3, -0.25) is 4.90 Å². The largest absolute Gasteiger partial charge is 0.447 e. The van der Waals surface area contributed by atoms with Gasteiger partial charge in [0.2, 0.25) is 0 Å². The fourth-order valence-corrected chi connectivity index (χ4v) is 3.56. The van der Waals surface area contributed by atoms with Crippen LogP contribution in [0.2, 0.25) is 0 Å². The van der Waals surface area contributed by atoms with Crippen molar-refractivity contribution < 1.29 is 9.53 Å². The van der Waals surface area contributed by atoms with E-state index in [-0.39, 0.29) is 11.6 Å². The van der Waals surface area contributed by atoms with Gasteiger partial charge in [0.05, 0.1) is 5.54 Å². The van der Waals surface area contributed by atoms with Crippen molar-refractivity contribution in [3.8, 4) is 0 Å². The number of nitrogens with zero attached hydrogens (tertiary/aromatic N) is 1. The Balaban J connectivity index is 1.83. The Hall–Kier alpha value is -1.55. The van der Waals surface area contributed by atoms with Crippen LogP contribution in [0.4, 0.5) is 4.79 Å². The van der Waals surface area contributed by atoms with Gasteiger partial charge in [-0.05, 0) is 56.8 Å². The topological polar surface area (TPSA) is 41.6 Å². The molecule has 4 nitrogen and oxygen atoms in total. The van der Waals surface area contributed by atoms with Crippen LogP contribution in [0.25, 0.3) is 0 Å². The van der Waals surface area contributed by atoms with Crippen molar-refractivity contribution in [2.24, 2.45) is 5.92 Å². The van der Waals surface area contributed by atoms with Crippen molar-refractivity contribution >= 4 is 6.09 Å². The zero-order valence-electron chi connectivity index (χ0n) is 12.9. The zero-order valence-corrected chi connectivity index (χ0v) is 12.9. The summed E-state index contributed by atoms with van der Waals surface area (Å²) < 4.78 is 5.41.